The Morgan fingerprint density at radius 2 is 0.950 bits per heavy atom. The number of carboxylic acid groups (broad SMARTS) is 2. The van der Waals surface area contributed by atoms with E-state index in [1.165, 1.54) is 38.5 Å². The first-order chi connectivity index (χ1) is 9.58. The Morgan fingerprint density at radius 1 is 0.650 bits per heavy atom. The molecule has 0 unspecified atom stereocenters. The average Bonchev–Trinajstić information content (AvgIpc) is 2.40. The van der Waals surface area contributed by atoms with Crippen molar-refractivity contribution in [1.82, 2.24) is 0 Å². The predicted octanol–water partition coefficient (Wildman–Crippen LogP) is 4.08. The molecule has 2 aliphatic carbocycles. The van der Waals surface area contributed by atoms with E-state index in [4.69, 9.17) is 10.2 Å². The highest BCUT2D eigenvalue weighted by Crippen LogP contribution is 2.26. The van der Waals surface area contributed by atoms with Crippen molar-refractivity contribution >= 4 is 11.9 Å². The highest BCUT2D eigenvalue weighted by atomic mass is 16.4. The van der Waals surface area contributed by atoms with Gasteiger partial charge in [0.05, 0.1) is 0 Å². The molecule has 0 amide bonds. The molecule has 0 radical (unpaired) electrons. The van der Waals surface area contributed by atoms with E-state index in [0.29, 0.717) is 24.7 Å². The molecule has 2 N–H and O–H groups in total. The van der Waals surface area contributed by atoms with Gasteiger partial charge in [-0.15, -0.1) is 0 Å². The van der Waals surface area contributed by atoms with Crippen LogP contribution in [0.1, 0.15) is 77.0 Å². The zero-order valence-corrected chi connectivity index (χ0v) is 12.4. The molecular weight excluding hydrogens is 256 g/mol. The number of hydrogen-bond donors (Lipinski definition) is 2. The Balaban J connectivity index is 0.000000200. The van der Waals surface area contributed by atoms with E-state index in [1.54, 1.807) is 0 Å². The standard InChI is InChI=1S/2C8H14O2/c2*9-8(10)6-7-4-2-1-3-5-7/h2*7H,1-6H2,(H,9,10). The molecule has 116 valence electrons. The van der Waals surface area contributed by atoms with Crippen LogP contribution in [0.25, 0.3) is 0 Å². The third-order valence-electron chi connectivity index (χ3n) is 4.38. The number of carboxylic acids is 2. The first-order valence-corrected chi connectivity index (χ1v) is 8.01. The van der Waals surface area contributed by atoms with Crippen LogP contribution in [0.4, 0.5) is 0 Å². The smallest absolute Gasteiger partial charge is 0.303 e. The molecular formula is C16H28O4. The maximum atomic E-state index is 10.3. The number of rotatable bonds is 4. The summed E-state index contributed by atoms with van der Waals surface area (Å²) in [6.45, 7) is 0. The number of aliphatic carboxylic acids is 2. The minimum Gasteiger partial charge on any atom is -0.481 e. The van der Waals surface area contributed by atoms with E-state index in [1.807, 2.05) is 0 Å². The van der Waals surface area contributed by atoms with E-state index in [2.05, 4.69) is 0 Å². The van der Waals surface area contributed by atoms with Gasteiger partial charge in [-0.05, 0) is 37.5 Å². The van der Waals surface area contributed by atoms with E-state index < -0.39 is 11.9 Å². The molecule has 0 spiro atoms. The van der Waals surface area contributed by atoms with Crippen molar-refractivity contribution in [3.05, 3.63) is 0 Å². The predicted molar refractivity (Wildman–Crippen MR) is 77.7 cm³/mol. The fraction of sp³-hybridized carbons (Fsp3) is 0.875. The highest BCUT2D eigenvalue weighted by Gasteiger charge is 2.16. The van der Waals surface area contributed by atoms with Crippen molar-refractivity contribution in [2.45, 2.75) is 77.0 Å². The highest BCUT2D eigenvalue weighted by molar-refractivity contribution is 5.67. The van der Waals surface area contributed by atoms with Crippen LogP contribution in [0.3, 0.4) is 0 Å². The third kappa shape index (κ3) is 8.18. The second kappa shape index (κ2) is 9.78. The summed E-state index contributed by atoms with van der Waals surface area (Å²) in [5.74, 6) is -0.309. The van der Waals surface area contributed by atoms with Crippen LogP contribution in [0, 0.1) is 11.8 Å². The van der Waals surface area contributed by atoms with Crippen LogP contribution in [0.2, 0.25) is 0 Å². The van der Waals surface area contributed by atoms with Crippen LogP contribution < -0.4 is 0 Å². The van der Waals surface area contributed by atoms with Crippen LogP contribution >= 0.6 is 0 Å². The lowest BCUT2D eigenvalue weighted by atomic mass is 9.87. The molecule has 2 fully saturated rings. The SMILES string of the molecule is O=C(O)CC1CCCCC1.O=C(O)CC1CCCCC1. The van der Waals surface area contributed by atoms with E-state index in [-0.39, 0.29) is 0 Å². The molecule has 2 saturated carbocycles. The maximum Gasteiger partial charge on any atom is 0.303 e. The summed E-state index contributed by atoms with van der Waals surface area (Å²) in [6, 6.07) is 0. The van der Waals surface area contributed by atoms with E-state index >= 15 is 0 Å². The second-order valence-electron chi connectivity index (χ2n) is 6.20. The third-order valence-corrected chi connectivity index (χ3v) is 4.38. The van der Waals surface area contributed by atoms with E-state index in [9.17, 15) is 9.59 Å². The van der Waals surface area contributed by atoms with Crippen molar-refractivity contribution in [3.8, 4) is 0 Å². The van der Waals surface area contributed by atoms with Crippen molar-refractivity contribution in [3.63, 3.8) is 0 Å². The molecule has 0 aliphatic heterocycles. The van der Waals surface area contributed by atoms with Gasteiger partial charge in [0, 0.05) is 12.8 Å². The summed E-state index contributed by atoms with van der Waals surface area (Å²) < 4.78 is 0. The fourth-order valence-electron chi connectivity index (χ4n) is 3.28. The van der Waals surface area contributed by atoms with Crippen LogP contribution in [-0.4, -0.2) is 22.2 Å². The molecule has 0 bridgehead atoms. The van der Waals surface area contributed by atoms with Gasteiger partial charge >= 0.3 is 11.9 Å². The van der Waals surface area contributed by atoms with Crippen molar-refractivity contribution in [1.29, 1.82) is 0 Å². The first-order valence-electron chi connectivity index (χ1n) is 8.01. The normalized spacial score (nSPS) is 20.8. The summed E-state index contributed by atoms with van der Waals surface area (Å²) in [7, 11) is 0. The molecule has 0 saturated heterocycles. The molecule has 0 atom stereocenters. The summed E-state index contributed by atoms with van der Waals surface area (Å²) in [6.07, 6.45) is 12.8. The average molecular weight is 284 g/mol. The summed E-state index contributed by atoms with van der Waals surface area (Å²) >= 11 is 0. The summed E-state index contributed by atoms with van der Waals surface area (Å²) in [5, 5.41) is 16.9. The fourth-order valence-corrected chi connectivity index (χ4v) is 3.28. The van der Waals surface area contributed by atoms with Gasteiger partial charge in [0.15, 0.2) is 0 Å². The molecule has 0 heterocycles. The minimum absolute atomic E-state index is 0.389. The molecule has 4 heteroatoms. The molecule has 4 nitrogen and oxygen atoms in total. The lowest BCUT2D eigenvalue weighted by Gasteiger charge is -2.18. The summed E-state index contributed by atoms with van der Waals surface area (Å²) in [5.41, 5.74) is 0. The van der Waals surface area contributed by atoms with E-state index in [0.717, 1.165) is 25.7 Å². The Morgan fingerprint density at radius 3 is 1.20 bits per heavy atom. The van der Waals surface area contributed by atoms with Crippen LogP contribution in [0.5, 0.6) is 0 Å². The lowest BCUT2D eigenvalue weighted by Crippen LogP contribution is -2.10. The van der Waals surface area contributed by atoms with Crippen molar-refractivity contribution < 1.29 is 19.8 Å². The van der Waals surface area contributed by atoms with Gasteiger partial charge in [-0.2, -0.15) is 0 Å². The van der Waals surface area contributed by atoms with Gasteiger partial charge in [0.1, 0.15) is 0 Å². The molecule has 2 aliphatic rings. The Hall–Kier alpha value is -1.06. The number of carbonyl (C=O) groups is 2. The van der Waals surface area contributed by atoms with Crippen molar-refractivity contribution in [2.75, 3.05) is 0 Å². The van der Waals surface area contributed by atoms with Crippen LogP contribution in [0.15, 0.2) is 0 Å². The lowest BCUT2D eigenvalue weighted by molar-refractivity contribution is -0.139. The molecule has 2 rings (SSSR count). The molecule has 0 aromatic heterocycles. The largest absolute Gasteiger partial charge is 0.481 e. The maximum absolute atomic E-state index is 10.3. The summed E-state index contributed by atoms with van der Waals surface area (Å²) in [4.78, 5) is 20.5. The molecule has 20 heavy (non-hydrogen) atoms. The van der Waals surface area contributed by atoms with Crippen LogP contribution in [-0.2, 0) is 9.59 Å². The molecule has 0 aromatic rings. The monoisotopic (exact) mass is 284 g/mol. The van der Waals surface area contributed by atoms with Crippen molar-refractivity contribution in [2.24, 2.45) is 11.8 Å². The first kappa shape index (κ1) is 17.0. The quantitative estimate of drug-likeness (QED) is 0.815. The van der Waals surface area contributed by atoms with Gasteiger partial charge in [0.25, 0.3) is 0 Å². The Kier molecular flexibility index (Phi) is 8.31. The Bertz CT molecular complexity index is 259. The second-order valence-corrected chi connectivity index (χ2v) is 6.20. The minimum atomic E-state index is -0.632. The van der Waals surface area contributed by atoms with Gasteiger partial charge in [-0.25, -0.2) is 0 Å². The topological polar surface area (TPSA) is 74.6 Å². The van der Waals surface area contributed by atoms with Gasteiger partial charge in [-0.1, -0.05) is 38.5 Å². The zero-order chi connectivity index (χ0) is 14.8. The molecule has 0 aromatic carbocycles. The Labute approximate surface area is 121 Å². The van der Waals surface area contributed by atoms with Gasteiger partial charge in [0.2, 0.25) is 0 Å². The zero-order valence-electron chi connectivity index (χ0n) is 12.4. The number of hydrogen-bond acceptors (Lipinski definition) is 2. The van der Waals surface area contributed by atoms with Gasteiger partial charge in [-0.3, -0.25) is 9.59 Å². The van der Waals surface area contributed by atoms with Gasteiger partial charge < -0.3 is 10.2 Å².